The molecule has 3 fully saturated rings. The van der Waals surface area contributed by atoms with Crippen LogP contribution in [-0.4, -0.2) is 129 Å². The van der Waals surface area contributed by atoms with Gasteiger partial charge in [0.05, 0.1) is 17.2 Å². The number of hydrogen-bond donors (Lipinski definition) is 1. The first-order valence-electron chi connectivity index (χ1n) is 20.1. The Labute approximate surface area is 332 Å². The molecule has 1 atom stereocenters. The maximum Gasteiger partial charge on any atom is 0.318 e. The summed E-state index contributed by atoms with van der Waals surface area (Å²) >= 11 is 0. The number of ether oxygens (including phenoxy) is 2. The van der Waals surface area contributed by atoms with Crippen molar-refractivity contribution in [3.63, 3.8) is 0 Å². The van der Waals surface area contributed by atoms with Gasteiger partial charge in [0, 0.05) is 76.5 Å². The summed E-state index contributed by atoms with van der Waals surface area (Å²) < 4.78 is 13.6. The quantitative estimate of drug-likeness (QED) is 0.237. The summed E-state index contributed by atoms with van der Waals surface area (Å²) in [6, 6.07) is 12.8. The van der Waals surface area contributed by atoms with Crippen molar-refractivity contribution in [1.29, 1.82) is 0 Å². The Morgan fingerprint density at radius 3 is 2.21 bits per heavy atom. The van der Waals surface area contributed by atoms with Gasteiger partial charge in [-0.2, -0.15) is 5.10 Å². The van der Waals surface area contributed by atoms with E-state index in [2.05, 4.69) is 27.3 Å². The number of nitrogens with zero attached hydrogens (tertiary/aromatic N) is 7. The second kappa shape index (κ2) is 17.5. The summed E-state index contributed by atoms with van der Waals surface area (Å²) in [6.45, 7) is 10.3. The Morgan fingerprint density at radius 2 is 1.51 bits per heavy atom. The van der Waals surface area contributed by atoms with Crippen LogP contribution in [0.5, 0.6) is 0 Å². The number of piperazine rings is 1. The van der Waals surface area contributed by atoms with Crippen LogP contribution in [0.2, 0.25) is 0 Å². The van der Waals surface area contributed by atoms with Crippen molar-refractivity contribution in [2.24, 2.45) is 0 Å². The highest BCUT2D eigenvalue weighted by atomic mass is 16.5. The SMILES string of the molecule is CC(=O)OCn1ncc2cc(CC(NC(=O)N3CCC(c4cc5ccccc5n(COC(C)=O)c4=O)CC3)C(=O)N3CCN(C4CCN(C)CC4)CC3)cc(C)c21. The minimum Gasteiger partial charge on any atom is -0.444 e. The monoisotopic (exact) mass is 782 g/mol. The highest BCUT2D eigenvalue weighted by molar-refractivity contribution is 5.88. The molecule has 1 unspecified atom stereocenters. The number of benzene rings is 2. The topological polar surface area (TPSA) is 152 Å². The van der Waals surface area contributed by atoms with Crippen LogP contribution in [0.25, 0.3) is 21.8 Å². The molecule has 7 rings (SSSR count). The van der Waals surface area contributed by atoms with E-state index in [1.807, 2.05) is 54.3 Å². The van der Waals surface area contributed by atoms with Crippen molar-refractivity contribution >= 4 is 45.7 Å². The van der Waals surface area contributed by atoms with Gasteiger partial charge in [0.25, 0.3) is 5.56 Å². The molecule has 5 heterocycles. The molecule has 0 saturated carbocycles. The molecule has 2 aromatic carbocycles. The number of nitrogens with one attached hydrogen (secondary N) is 1. The number of carbonyl (C=O) groups is 4. The predicted molar refractivity (Wildman–Crippen MR) is 214 cm³/mol. The fourth-order valence-corrected chi connectivity index (χ4v) is 8.78. The third-order valence-corrected chi connectivity index (χ3v) is 11.9. The number of pyridine rings is 1. The molecule has 0 radical (unpaired) electrons. The number of likely N-dealkylation sites (tertiary alicyclic amines) is 2. The second-order valence-corrected chi connectivity index (χ2v) is 15.8. The van der Waals surface area contributed by atoms with E-state index >= 15 is 0 Å². The maximum atomic E-state index is 14.4. The molecular formula is C42H54N8O7. The van der Waals surface area contributed by atoms with Gasteiger partial charge >= 0.3 is 18.0 Å². The number of hydrogen-bond acceptors (Lipinski definition) is 10. The highest BCUT2D eigenvalue weighted by Crippen LogP contribution is 2.29. The maximum absolute atomic E-state index is 14.4. The van der Waals surface area contributed by atoms with Gasteiger partial charge in [0.15, 0.2) is 13.5 Å². The molecule has 3 aliphatic heterocycles. The molecule has 3 aliphatic rings. The van der Waals surface area contributed by atoms with Gasteiger partial charge in [-0.1, -0.05) is 24.3 Å². The molecule has 304 valence electrons. The lowest BCUT2D eigenvalue weighted by Crippen LogP contribution is -2.59. The van der Waals surface area contributed by atoms with Gasteiger partial charge in [-0.3, -0.25) is 28.6 Å². The van der Waals surface area contributed by atoms with E-state index in [-0.39, 0.29) is 36.9 Å². The van der Waals surface area contributed by atoms with Gasteiger partial charge < -0.3 is 29.5 Å². The summed E-state index contributed by atoms with van der Waals surface area (Å²) in [6.07, 6.45) is 5.41. The number of carbonyl (C=O) groups excluding carboxylic acids is 4. The Kier molecular flexibility index (Phi) is 12.2. The molecule has 15 heteroatoms. The van der Waals surface area contributed by atoms with Crippen LogP contribution in [0, 0.1) is 6.92 Å². The van der Waals surface area contributed by atoms with E-state index in [9.17, 15) is 24.0 Å². The summed E-state index contributed by atoms with van der Waals surface area (Å²) in [5, 5.41) is 9.28. The Balaban J connectivity index is 1.06. The fraction of sp³-hybridized carbons (Fsp3) is 0.524. The van der Waals surface area contributed by atoms with Crippen molar-refractivity contribution in [3.05, 3.63) is 75.7 Å². The summed E-state index contributed by atoms with van der Waals surface area (Å²) in [4.78, 5) is 73.8. The first-order valence-corrected chi connectivity index (χ1v) is 20.1. The van der Waals surface area contributed by atoms with Crippen molar-refractivity contribution in [2.45, 2.75) is 84.3 Å². The van der Waals surface area contributed by atoms with E-state index in [0.29, 0.717) is 62.6 Å². The summed E-state index contributed by atoms with van der Waals surface area (Å²) in [5.41, 5.74) is 3.76. The van der Waals surface area contributed by atoms with Crippen LogP contribution in [-0.2, 0) is 43.7 Å². The number of esters is 2. The van der Waals surface area contributed by atoms with Crippen molar-refractivity contribution in [3.8, 4) is 0 Å². The van der Waals surface area contributed by atoms with Crippen LogP contribution < -0.4 is 10.9 Å². The van der Waals surface area contributed by atoms with Gasteiger partial charge in [-0.05, 0) is 93.4 Å². The van der Waals surface area contributed by atoms with E-state index in [1.54, 1.807) is 15.8 Å². The average Bonchev–Trinajstić information content (AvgIpc) is 3.62. The van der Waals surface area contributed by atoms with Crippen LogP contribution in [0.4, 0.5) is 4.79 Å². The fourth-order valence-electron chi connectivity index (χ4n) is 8.78. The van der Waals surface area contributed by atoms with Crippen molar-refractivity contribution in [1.82, 2.24) is 39.3 Å². The Bertz CT molecular complexity index is 2180. The summed E-state index contributed by atoms with van der Waals surface area (Å²) in [5.74, 6) is -1.06. The van der Waals surface area contributed by atoms with E-state index in [0.717, 1.165) is 66.4 Å². The molecule has 3 amide bonds. The number of aromatic nitrogens is 3. The zero-order chi connectivity index (χ0) is 40.2. The van der Waals surface area contributed by atoms with Gasteiger partial charge in [0.1, 0.15) is 6.04 Å². The molecule has 0 bridgehead atoms. The van der Waals surface area contributed by atoms with E-state index in [4.69, 9.17) is 9.47 Å². The zero-order valence-electron chi connectivity index (χ0n) is 33.4. The minimum absolute atomic E-state index is 0.00168. The van der Waals surface area contributed by atoms with Gasteiger partial charge in [-0.15, -0.1) is 0 Å². The lowest BCUT2D eigenvalue weighted by atomic mass is 9.89. The lowest BCUT2D eigenvalue weighted by molar-refractivity contribution is -0.145. The smallest absolute Gasteiger partial charge is 0.318 e. The molecule has 1 N–H and O–H groups in total. The van der Waals surface area contributed by atoms with Crippen LogP contribution in [0.15, 0.2) is 53.5 Å². The number of rotatable bonds is 10. The van der Waals surface area contributed by atoms with Crippen LogP contribution >= 0.6 is 0 Å². The second-order valence-electron chi connectivity index (χ2n) is 15.8. The molecule has 4 aromatic rings. The number of piperidine rings is 2. The number of urea groups is 1. The summed E-state index contributed by atoms with van der Waals surface area (Å²) in [7, 11) is 2.16. The standard InChI is InChI=1S/C42H54N8O7/c1-28-21-31(22-34-25-43-50(39(28)34)27-57-30(3)52)23-37(41(54)47-19-17-46(18-20-47)35-11-13-45(4)14-12-35)44-42(55)48-15-9-32(10-16-48)36-24-33-7-5-6-8-38(33)49(40(36)53)26-56-29(2)51/h5-8,21-22,24-25,32,35,37H,9-20,23,26-27H2,1-4H3,(H,44,55). The molecule has 57 heavy (non-hydrogen) atoms. The predicted octanol–water partition coefficient (Wildman–Crippen LogP) is 3.44. The molecular weight excluding hydrogens is 729 g/mol. The third kappa shape index (κ3) is 9.15. The van der Waals surface area contributed by atoms with Crippen molar-refractivity contribution < 1.29 is 28.7 Å². The lowest BCUT2D eigenvalue weighted by Gasteiger charge is -2.43. The van der Waals surface area contributed by atoms with E-state index in [1.165, 1.54) is 18.4 Å². The van der Waals surface area contributed by atoms with Crippen molar-refractivity contribution in [2.75, 3.05) is 59.4 Å². The Hall–Kier alpha value is -5.28. The normalized spacial score (nSPS) is 18.2. The third-order valence-electron chi connectivity index (χ3n) is 11.9. The molecule has 15 nitrogen and oxygen atoms in total. The number of aryl methyl sites for hydroxylation is 1. The number of fused-ring (bicyclic) bond motifs is 2. The zero-order valence-corrected chi connectivity index (χ0v) is 33.4. The first kappa shape index (κ1) is 39.9. The first-order chi connectivity index (χ1) is 27.4. The van der Waals surface area contributed by atoms with Crippen LogP contribution in [0.3, 0.4) is 0 Å². The number of amides is 3. The van der Waals surface area contributed by atoms with Crippen LogP contribution in [0.1, 0.15) is 62.1 Å². The largest absolute Gasteiger partial charge is 0.444 e. The Morgan fingerprint density at radius 1 is 0.825 bits per heavy atom. The molecule has 3 saturated heterocycles. The average molecular weight is 783 g/mol. The minimum atomic E-state index is -0.799. The molecule has 2 aromatic heterocycles. The highest BCUT2D eigenvalue weighted by Gasteiger charge is 2.34. The van der Waals surface area contributed by atoms with Gasteiger partial charge in [0.2, 0.25) is 5.91 Å². The molecule has 0 spiro atoms. The van der Waals surface area contributed by atoms with E-state index < -0.39 is 18.0 Å². The molecule has 0 aliphatic carbocycles. The number of para-hydroxylation sites is 1. The van der Waals surface area contributed by atoms with Gasteiger partial charge in [-0.25, -0.2) is 9.48 Å².